The molecule has 5 nitrogen and oxygen atoms in total. The number of benzene rings is 8. The highest BCUT2D eigenvalue weighted by molar-refractivity contribution is 6.24. The van der Waals surface area contributed by atoms with Crippen LogP contribution in [0.1, 0.15) is 0 Å². The van der Waals surface area contributed by atoms with Crippen LogP contribution in [0.3, 0.4) is 0 Å². The lowest BCUT2D eigenvalue weighted by Gasteiger charge is -2.15. The minimum atomic E-state index is 0.756. The Labute approximate surface area is 302 Å². The molecular formula is C48H28N4O. The minimum Gasteiger partial charge on any atom is -0.454 e. The molecule has 0 N–H and O–H groups in total. The van der Waals surface area contributed by atoms with Crippen LogP contribution in [0.15, 0.2) is 174 Å². The summed E-state index contributed by atoms with van der Waals surface area (Å²) in [5, 5.41) is 9.03. The van der Waals surface area contributed by atoms with Gasteiger partial charge in [0.05, 0.1) is 38.8 Å². The van der Waals surface area contributed by atoms with Crippen molar-refractivity contribution in [2.75, 3.05) is 0 Å². The van der Waals surface area contributed by atoms with Crippen molar-refractivity contribution in [2.24, 2.45) is 0 Å². The van der Waals surface area contributed by atoms with Crippen molar-refractivity contribution in [1.82, 2.24) is 19.1 Å². The number of aromatic nitrogens is 4. The summed E-state index contributed by atoms with van der Waals surface area (Å²) in [6, 6.07) is 59.8. The molecule has 5 heteroatoms. The smallest absolute Gasteiger partial charge is 0.165 e. The van der Waals surface area contributed by atoms with Crippen LogP contribution in [0.25, 0.3) is 110 Å². The van der Waals surface area contributed by atoms with Gasteiger partial charge >= 0.3 is 0 Å². The zero-order valence-electron chi connectivity index (χ0n) is 28.4. The summed E-state index contributed by atoms with van der Waals surface area (Å²) in [5.41, 5.74) is 10.6. The lowest BCUT2D eigenvalue weighted by molar-refractivity contribution is 0.671. The second-order valence-electron chi connectivity index (χ2n) is 13.7. The van der Waals surface area contributed by atoms with Gasteiger partial charge in [-0.1, -0.05) is 127 Å². The lowest BCUT2D eigenvalue weighted by Crippen LogP contribution is -2.04. The maximum absolute atomic E-state index is 6.84. The van der Waals surface area contributed by atoms with Crippen LogP contribution in [-0.2, 0) is 0 Å². The fourth-order valence-electron chi connectivity index (χ4n) is 8.62. The van der Waals surface area contributed by atoms with Gasteiger partial charge in [-0.3, -0.25) is 4.57 Å². The fourth-order valence-corrected chi connectivity index (χ4v) is 8.62. The molecule has 4 aromatic heterocycles. The molecule has 0 radical (unpaired) electrons. The Kier molecular flexibility index (Phi) is 5.71. The maximum atomic E-state index is 6.84. The average molecular weight is 677 g/mol. The Bertz CT molecular complexity index is 3410. The largest absolute Gasteiger partial charge is 0.454 e. The van der Waals surface area contributed by atoms with E-state index in [2.05, 4.69) is 161 Å². The normalized spacial score (nSPS) is 12.2. The number of para-hydroxylation sites is 3. The van der Waals surface area contributed by atoms with Gasteiger partial charge in [-0.2, -0.15) is 0 Å². The van der Waals surface area contributed by atoms with Crippen LogP contribution in [-0.4, -0.2) is 19.1 Å². The molecule has 0 aliphatic carbocycles. The summed E-state index contributed by atoms with van der Waals surface area (Å²) in [4.78, 5) is 11.1. The van der Waals surface area contributed by atoms with E-state index in [1.165, 1.54) is 10.8 Å². The second-order valence-corrected chi connectivity index (χ2v) is 13.7. The van der Waals surface area contributed by atoms with E-state index >= 15 is 0 Å². The quantitative estimate of drug-likeness (QED) is 0.175. The van der Waals surface area contributed by atoms with E-state index < -0.39 is 0 Å². The first-order chi connectivity index (χ1) is 26.3. The molecule has 0 atom stereocenters. The summed E-state index contributed by atoms with van der Waals surface area (Å²) in [5.74, 6) is 0.756. The topological polar surface area (TPSA) is 48.8 Å². The van der Waals surface area contributed by atoms with Crippen molar-refractivity contribution in [3.8, 4) is 22.8 Å². The minimum absolute atomic E-state index is 0.756. The molecule has 0 saturated carbocycles. The third-order valence-corrected chi connectivity index (χ3v) is 10.9. The molecule has 12 aromatic rings. The molecule has 0 aliphatic rings. The highest BCUT2D eigenvalue weighted by Crippen LogP contribution is 2.45. The van der Waals surface area contributed by atoms with E-state index in [0.717, 1.165) is 99.3 Å². The summed E-state index contributed by atoms with van der Waals surface area (Å²) in [7, 11) is 0. The molecule has 0 spiro atoms. The summed E-state index contributed by atoms with van der Waals surface area (Å²) in [6.45, 7) is 0. The van der Waals surface area contributed by atoms with Crippen LogP contribution in [0.5, 0.6) is 0 Å². The van der Waals surface area contributed by atoms with Crippen LogP contribution in [0.4, 0.5) is 0 Å². The van der Waals surface area contributed by atoms with Gasteiger partial charge in [0.2, 0.25) is 0 Å². The van der Waals surface area contributed by atoms with Crippen LogP contribution < -0.4 is 0 Å². The number of rotatable bonds is 3. The van der Waals surface area contributed by atoms with Crippen molar-refractivity contribution >= 4 is 87.4 Å². The van der Waals surface area contributed by atoms with Gasteiger partial charge in [0.25, 0.3) is 0 Å². The second kappa shape index (κ2) is 10.6. The zero-order chi connectivity index (χ0) is 34.6. The number of hydrogen-bond acceptors (Lipinski definition) is 3. The van der Waals surface area contributed by atoms with Crippen LogP contribution in [0, 0.1) is 0 Å². The molecule has 0 amide bonds. The maximum Gasteiger partial charge on any atom is 0.165 e. The molecule has 0 unspecified atom stereocenters. The fraction of sp³-hybridized carbons (Fsp3) is 0. The van der Waals surface area contributed by atoms with Crippen molar-refractivity contribution in [1.29, 1.82) is 0 Å². The third-order valence-electron chi connectivity index (χ3n) is 10.9. The Hall–Kier alpha value is -7.24. The number of furan rings is 1. The van der Waals surface area contributed by atoms with E-state index in [0.29, 0.717) is 0 Å². The van der Waals surface area contributed by atoms with Gasteiger partial charge in [-0.15, -0.1) is 0 Å². The first-order valence-electron chi connectivity index (χ1n) is 17.9. The Balaban J connectivity index is 1.30. The molecule has 0 fully saturated rings. The summed E-state index contributed by atoms with van der Waals surface area (Å²) < 4.78 is 11.6. The number of fused-ring (bicyclic) bond motifs is 13. The van der Waals surface area contributed by atoms with Gasteiger partial charge in [0, 0.05) is 43.3 Å². The molecule has 0 bridgehead atoms. The predicted molar refractivity (Wildman–Crippen MR) is 218 cm³/mol. The average Bonchev–Trinajstić information content (AvgIpc) is 3.88. The highest BCUT2D eigenvalue weighted by atomic mass is 16.3. The summed E-state index contributed by atoms with van der Waals surface area (Å²) >= 11 is 0. The highest BCUT2D eigenvalue weighted by Gasteiger charge is 2.26. The van der Waals surface area contributed by atoms with Crippen molar-refractivity contribution in [3.05, 3.63) is 170 Å². The predicted octanol–water partition coefficient (Wildman–Crippen LogP) is 12.5. The Morgan fingerprint density at radius 1 is 0.434 bits per heavy atom. The van der Waals surface area contributed by atoms with Gasteiger partial charge in [0.1, 0.15) is 11.3 Å². The van der Waals surface area contributed by atoms with Crippen molar-refractivity contribution < 1.29 is 4.42 Å². The molecule has 0 aliphatic heterocycles. The SMILES string of the molecule is c1ccc(-c2nc3c(ccc4ccccc43)nc2-n2c3cccc(-n4c5ccccc5c5ccccc54)c3c3ccc4c5ccccc5oc4c32)cc1. The lowest BCUT2D eigenvalue weighted by atomic mass is 10.1. The molecule has 8 aromatic carbocycles. The summed E-state index contributed by atoms with van der Waals surface area (Å²) in [6.07, 6.45) is 0. The van der Waals surface area contributed by atoms with Crippen molar-refractivity contribution in [3.63, 3.8) is 0 Å². The molecule has 53 heavy (non-hydrogen) atoms. The monoisotopic (exact) mass is 676 g/mol. The number of nitrogens with zero attached hydrogens (tertiary/aromatic N) is 4. The van der Waals surface area contributed by atoms with Crippen LogP contribution >= 0.6 is 0 Å². The van der Waals surface area contributed by atoms with E-state index in [1.807, 2.05) is 18.2 Å². The first-order valence-corrected chi connectivity index (χ1v) is 17.9. The Morgan fingerprint density at radius 3 is 1.91 bits per heavy atom. The van der Waals surface area contributed by atoms with Crippen LogP contribution in [0.2, 0.25) is 0 Å². The number of hydrogen-bond donors (Lipinski definition) is 0. The van der Waals surface area contributed by atoms with E-state index in [1.54, 1.807) is 0 Å². The molecule has 246 valence electrons. The standard InChI is InChI=1S/C48H28N4O/c1-2-14-30(15-3-1)44-48(49-37-28-25-29-13-4-5-16-31(29)45(37)50-44)52-41-23-12-22-40(51-38-20-9-6-17-32(38)33-18-7-10-21-39(33)51)43(41)36-27-26-35-34-19-8-11-24-42(34)53-47(35)46(36)52/h1-28H. The Morgan fingerprint density at radius 2 is 1.09 bits per heavy atom. The van der Waals surface area contributed by atoms with Gasteiger partial charge in [-0.25, -0.2) is 9.97 Å². The molecule has 0 saturated heterocycles. The zero-order valence-corrected chi connectivity index (χ0v) is 28.4. The van der Waals surface area contributed by atoms with Crippen molar-refractivity contribution in [2.45, 2.75) is 0 Å². The van der Waals surface area contributed by atoms with Gasteiger partial charge in [0.15, 0.2) is 11.4 Å². The third kappa shape index (κ3) is 3.91. The van der Waals surface area contributed by atoms with E-state index in [-0.39, 0.29) is 0 Å². The first kappa shape index (κ1) is 28.5. The van der Waals surface area contributed by atoms with E-state index in [9.17, 15) is 0 Å². The molecular weight excluding hydrogens is 649 g/mol. The molecule has 12 rings (SSSR count). The van der Waals surface area contributed by atoms with Gasteiger partial charge < -0.3 is 8.98 Å². The molecule has 4 heterocycles. The van der Waals surface area contributed by atoms with E-state index in [4.69, 9.17) is 14.4 Å². The van der Waals surface area contributed by atoms with Gasteiger partial charge in [-0.05, 0) is 47.9 Å².